The SMILES string of the molecule is CC(=O)C1CCCc2c(Cl)ncn21. The Morgan fingerprint density at radius 2 is 2.54 bits per heavy atom. The van der Waals surface area contributed by atoms with Gasteiger partial charge in [-0.05, 0) is 26.2 Å². The smallest absolute Gasteiger partial charge is 0.152 e. The molecule has 1 atom stereocenters. The predicted octanol–water partition coefficient (Wildman–Crippen LogP) is 2.00. The summed E-state index contributed by atoms with van der Waals surface area (Å²) in [6.07, 6.45) is 4.54. The van der Waals surface area contributed by atoms with Gasteiger partial charge in [-0.2, -0.15) is 0 Å². The molecular weight excluding hydrogens is 188 g/mol. The number of fused-ring (bicyclic) bond motifs is 1. The second-order valence-electron chi connectivity index (χ2n) is 3.41. The molecule has 0 N–H and O–H groups in total. The molecule has 0 spiro atoms. The van der Waals surface area contributed by atoms with E-state index in [1.165, 1.54) is 0 Å². The zero-order valence-corrected chi connectivity index (χ0v) is 8.21. The first kappa shape index (κ1) is 8.75. The Morgan fingerprint density at radius 3 is 3.23 bits per heavy atom. The van der Waals surface area contributed by atoms with Crippen molar-refractivity contribution in [2.24, 2.45) is 0 Å². The monoisotopic (exact) mass is 198 g/mol. The molecule has 1 aromatic rings. The van der Waals surface area contributed by atoms with E-state index in [0.717, 1.165) is 25.0 Å². The van der Waals surface area contributed by atoms with Gasteiger partial charge >= 0.3 is 0 Å². The van der Waals surface area contributed by atoms with Crippen LogP contribution < -0.4 is 0 Å². The van der Waals surface area contributed by atoms with Crippen LogP contribution in [0, 0.1) is 0 Å². The van der Waals surface area contributed by atoms with Gasteiger partial charge < -0.3 is 4.57 Å². The second kappa shape index (κ2) is 3.14. The van der Waals surface area contributed by atoms with Crippen LogP contribution >= 0.6 is 11.6 Å². The van der Waals surface area contributed by atoms with Crippen LogP contribution in [0.25, 0.3) is 0 Å². The van der Waals surface area contributed by atoms with Gasteiger partial charge in [0.25, 0.3) is 0 Å². The molecule has 0 fully saturated rings. The van der Waals surface area contributed by atoms with Crippen LogP contribution in [0.15, 0.2) is 6.33 Å². The molecule has 0 aliphatic carbocycles. The Hall–Kier alpha value is -0.830. The maximum absolute atomic E-state index is 11.3. The molecule has 4 heteroatoms. The van der Waals surface area contributed by atoms with Gasteiger partial charge in [0, 0.05) is 0 Å². The van der Waals surface area contributed by atoms with Crippen molar-refractivity contribution in [3.8, 4) is 0 Å². The normalized spacial score (nSPS) is 21.2. The lowest BCUT2D eigenvalue weighted by molar-refractivity contribution is -0.120. The van der Waals surface area contributed by atoms with Gasteiger partial charge in [0.15, 0.2) is 5.78 Å². The maximum atomic E-state index is 11.3. The molecule has 0 amide bonds. The highest BCUT2D eigenvalue weighted by atomic mass is 35.5. The van der Waals surface area contributed by atoms with E-state index in [9.17, 15) is 4.79 Å². The number of Topliss-reactive ketones (excluding diaryl/α,β-unsaturated/α-hetero) is 1. The third-order valence-corrected chi connectivity index (χ3v) is 2.86. The molecule has 70 valence electrons. The molecule has 1 aromatic heterocycles. The average Bonchev–Trinajstić information content (AvgIpc) is 2.48. The molecule has 1 unspecified atom stereocenters. The molecule has 1 aliphatic rings. The zero-order valence-electron chi connectivity index (χ0n) is 7.46. The average molecular weight is 199 g/mol. The summed E-state index contributed by atoms with van der Waals surface area (Å²) in [5.74, 6) is 0.190. The quantitative estimate of drug-likeness (QED) is 0.692. The molecule has 2 rings (SSSR count). The number of ketones is 1. The minimum absolute atomic E-state index is 0.0382. The Balaban J connectivity index is 2.43. The minimum Gasteiger partial charge on any atom is -0.323 e. The van der Waals surface area contributed by atoms with E-state index in [1.54, 1.807) is 13.3 Å². The summed E-state index contributed by atoms with van der Waals surface area (Å²) in [6, 6.07) is -0.0382. The molecule has 0 aromatic carbocycles. The van der Waals surface area contributed by atoms with E-state index < -0.39 is 0 Å². The summed E-state index contributed by atoms with van der Waals surface area (Å²) < 4.78 is 1.91. The van der Waals surface area contributed by atoms with Crippen LogP contribution in [0.4, 0.5) is 0 Å². The number of hydrogen-bond donors (Lipinski definition) is 0. The first-order valence-corrected chi connectivity index (χ1v) is 4.79. The fourth-order valence-corrected chi connectivity index (χ4v) is 2.10. The fourth-order valence-electron chi connectivity index (χ4n) is 1.87. The lowest BCUT2D eigenvalue weighted by atomic mass is 10.0. The third kappa shape index (κ3) is 1.37. The van der Waals surface area contributed by atoms with E-state index >= 15 is 0 Å². The first-order valence-electron chi connectivity index (χ1n) is 4.42. The van der Waals surface area contributed by atoms with E-state index in [-0.39, 0.29) is 11.8 Å². The number of imidazole rings is 1. The van der Waals surface area contributed by atoms with Crippen molar-refractivity contribution in [1.29, 1.82) is 0 Å². The highest BCUT2D eigenvalue weighted by molar-refractivity contribution is 6.30. The lowest BCUT2D eigenvalue weighted by Crippen LogP contribution is -2.22. The summed E-state index contributed by atoms with van der Waals surface area (Å²) in [4.78, 5) is 15.3. The summed E-state index contributed by atoms with van der Waals surface area (Å²) >= 11 is 5.88. The maximum Gasteiger partial charge on any atom is 0.152 e. The van der Waals surface area contributed by atoms with Crippen molar-refractivity contribution < 1.29 is 4.79 Å². The van der Waals surface area contributed by atoms with Crippen LogP contribution in [0.1, 0.15) is 31.5 Å². The third-order valence-electron chi connectivity index (χ3n) is 2.54. The Labute approximate surface area is 81.7 Å². The van der Waals surface area contributed by atoms with Crippen molar-refractivity contribution in [2.45, 2.75) is 32.2 Å². The number of rotatable bonds is 1. The van der Waals surface area contributed by atoms with Crippen LogP contribution in [-0.2, 0) is 11.2 Å². The number of nitrogens with zero attached hydrogens (tertiary/aromatic N) is 2. The highest BCUT2D eigenvalue weighted by Crippen LogP contribution is 2.29. The largest absolute Gasteiger partial charge is 0.323 e. The number of carbonyl (C=O) groups excluding carboxylic acids is 1. The summed E-state index contributed by atoms with van der Waals surface area (Å²) in [6.45, 7) is 1.62. The molecular formula is C9H11ClN2O. The van der Waals surface area contributed by atoms with Crippen molar-refractivity contribution in [1.82, 2.24) is 9.55 Å². The van der Waals surface area contributed by atoms with Gasteiger partial charge in [-0.15, -0.1) is 0 Å². The number of halogens is 1. The van der Waals surface area contributed by atoms with Gasteiger partial charge in [0.2, 0.25) is 0 Å². The lowest BCUT2D eigenvalue weighted by Gasteiger charge is -2.23. The van der Waals surface area contributed by atoms with Crippen molar-refractivity contribution in [3.63, 3.8) is 0 Å². The van der Waals surface area contributed by atoms with Gasteiger partial charge in [-0.25, -0.2) is 4.98 Å². The molecule has 1 aliphatic heterocycles. The standard InChI is InChI=1S/C9H11ClN2O/c1-6(13)7-3-2-4-8-9(10)11-5-12(7)8/h5,7H,2-4H2,1H3. The molecule has 13 heavy (non-hydrogen) atoms. The Bertz CT molecular complexity index is 345. The van der Waals surface area contributed by atoms with Crippen LogP contribution in [0.3, 0.4) is 0 Å². The molecule has 0 saturated carbocycles. The van der Waals surface area contributed by atoms with Crippen LogP contribution in [0.2, 0.25) is 5.15 Å². The Kier molecular flexibility index (Phi) is 2.12. The van der Waals surface area contributed by atoms with E-state index in [2.05, 4.69) is 4.98 Å². The van der Waals surface area contributed by atoms with Crippen molar-refractivity contribution in [2.75, 3.05) is 0 Å². The van der Waals surface area contributed by atoms with E-state index in [0.29, 0.717) is 5.15 Å². The summed E-state index contributed by atoms with van der Waals surface area (Å²) in [5.41, 5.74) is 1.01. The molecule has 0 bridgehead atoms. The van der Waals surface area contributed by atoms with Gasteiger partial charge in [-0.3, -0.25) is 4.79 Å². The minimum atomic E-state index is -0.0382. The van der Waals surface area contributed by atoms with Crippen LogP contribution in [-0.4, -0.2) is 15.3 Å². The van der Waals surface area contributed by atoms with E-state index in [1.807, 2.05) is 4.57 Å². The fraction of sp³-hybridized carbons (Fsp3) is 0.556. The summed E-state index contributed by atoms with van der Waals surface area (Å²) in [5, 5.41) is 0.547. The number of carbonyl (C=O) groups is 1. The second-order valence-corrected chi connectivity index (χ2v) is 3.77. The first-order chi connectivity index (χ1) is 6.20. The van der Waals surface area contributed by atoms with Crippen molar-refractivity contribution >= 4 is 17.4 Å². The number of aromatic nitrogens is 2. The van der Waals surface area contributed by atoms with Gasteiger partial charge in [0.05, 0.1) is 18.1 Å². The van der Waals surface area contributed by atoms with Crippen LogP contribution in [0.5, 0.6) is 0 Å². The molecule has 2 heterocycles. The van der Waals surface area contributed by atoms with E-state index in [4.69, 9.17) is 11.6 Å². The zero-order chi connectivity index (χ0) is 9.42. The molecule has 3 nitrogen and oxygen atoms in total. The summed E-state index contributed by atoms with van der Waals surface area (Å²) in [7, 11) is 0. The van der Waals surface area contributed by atoms with Crippen molar-refractivity contribution in [3.05, 3.63) is 17.2 Å². The highest BCUT2D eigenvalue weighted by Gasteiger charge is 2.24. The molecule has 0 radical (unpaired) electrons. The van der Waals surface area contributed by atoms with Gasteiger partial charge in [0.1, 0.15) is 5.15 Å². The predicted molar refractivity (Wildman–Crippen MR) is 49.9 cm³/mol. The Morgan fingerprint density at radius 1 is 1.77 bits per heavy atom. The molecule has 0 saturated heterocycles. The van der Waals surface area contributed by atoms with Gasteiger partial charge in [-0.1, -0.05) is 11.6 Å². The topological polar surface area (TPSA) is 34.9 Å². The number of hydrogen-bond acceptors (Lipinski definition) is 2.